The van der Waals surface area contributed by atoms with Gasteiger partial charge in [-0.1, -0.05) is 13.3 Å². The zero-order valence-corrected chi connectivity index (χ0v) is 10.7. The lowest BCUT2D eigenvalue weighted by Gasteiger charge is -2.23. The fourth-order valence-corrected chi connectivity index (χ4v) is 2.16. The topological polar surface area (TPSA) is 69.4 Å². The highest BCUT2D eigenvalue weighted by Crippen LogP contribution is 2.09. The molecule has 2 unspecified atom stereocenters. The number of hydrogen-bond acceptors (Lipinski definition) is 4. The largest absolute Gasteiger partial charge is 0.377 e. The van der Waals surface area contributed by atoms with Gasteiger partial charge < -0.3 is 10.5 Å². The quantitative estimate of drug-likeness (QED) is 0.682. The van der Waals surface area contributed by atoms with Crippen molar-refractivity contribution in [1.82, 2.24) is 0 Å². The lowest BCUT2D eigenvalue weighted by molar-refractivity contribution is 0.0371. The van der Waals surface area contributed by atoms with Crippen molar-refractivity contribution in [3.05, 3.63) is 0 Å². The summed E-state index contributed by atoms with van der Waals surface area (Å²) in [4.78, 5) is 0. The molecule has 0 spiro atoms. The van der Waals surface area contributed by atoms with Gasteiger partial charge in [-0.25, -0.2) is 8.42 Å². The molecule has 0 aliphatic rings. The lowest BCUT2D eigenvalue weighted by Crippen LogP contribution is -2.38. The first-order valence-electron chi connectivity index (χ1n) is 5.45. The molecule has 0 fully saturated rings. The zero-order valence-electron chi connectivity index (χ0n) is 9.90. The Labute approximate surface area is 93.1 Å². The fourth-order valence-electron chi connectivity index (χ4n) is 1.46. The van der Waals surface area contributed by atoms with E-state index in [1.165, 1.54) is 6.26 Å². The molecule has 0 aromatic rings. The highest BCUT2D eigenvalue weighted by Gasteiger charge is 2.18. The molecular weight excluding hydrogens is 214 g/mol. The molecule has 0 aliphatic heterocycles. The molecule has 0 radical (unpaired) electrons. The first kappa shape index (κ1) is 14.9. The van der Waals surface area contributed by atoms with E-state index in [0.29, 0.717) is 13.0 Å². The van der Waals surface area contributed by atoms with Crippen molar-refractivity contribution < 1.29 is 13.2 Å². The van der Waals surface area contributed by atoms with Crippen LogP contribution in [0.25, 0.3) is 0 Å². The molecule has 2 N–H and O–H groups in total. The minimum Gasteiger partial charge on any atom is -0.377 e. The fraction of sp³-hybridized carbons (Fsp3) is 1.00. The minimum absolute atomic E-state index is 0.0123. The molecule has 0 aliphatic carbocycles. The maximum Gasteiger partial charge on any atom is 0.147 e. The summed E-state index contributed by atoms with van der Waals surface area (Å²) in [6.07, 6.45) is 3.58. The highest BCUT2D eigenvalue weighted by molar-refractivity contribution is 7.90. The number of nitrogens with two attached hydrogens (primary N) is 1. The van der Waals surface area contributed by atoms with Crippen LogP contribution in [-0.4, -0.2) is 39.2 Å². The van der Waals surface area contributed by atoms with Crippen molar-refractivity contribution in [2.75, 3.05) is 18.6 Å². The standard InChI is InChI=1S/C10H23NO3S/c1-4-6-10(14-5-2)9(11)7-8-15(3,12)13/h9-10H,4-8,11H2,1-3H3. The van der Waals surface area contributed by atoms with Gasteiger partial charge >= 0.3 is 0 Å². The number of hydrogen-bond donors (Lipinski definition) is 1. The summed E-state index contributed by atoms with van der Waals surface area (Å²) in [5.74, 6) is 0.140. The SMILES string of the molecule is CCCC(OCC)C(N)CCS(C)(=O)=O. The highest BCUT2D eigenvalue weighted by atomic mass is 32.2. The minimum atomic E-state index is -2.92. The van der Waals surface area contributed by atoms with Crippen molar-refractivity contribution in [2.45, 2.75) is 45.3 Å². The molecule has 0 heterocycles. The van der Waals surface area contributed by atoms with Crippen LogP contribution < -0.4 is 5.73 Å². The normalized spacial score (nSPS) is 16.3. The van der Waals surface area contributed by atoms with Gasteiger partial charge in [-0.15, -0.1) is 0 Å². The van der Waals surface area contributed by atoms with Crippen LogP contribution in [0.1, 0.15) is 33.1 Å². The molecule has 0 aromatic carbocycles. The maximum absolute atomic E-state index is 11.0. The van der Waals surface area contributed by atoms with Gasteiger partial charge in [-0.3, -0.25) is 0 Å². The van der Waals surface area contributed by atoms with Crippen LogP contribution >= 0.6 is 0 Å². The Morgan fingerprint density at radius 3 is 2.27 bits per heavy atom. The van der Waals surface area contributed by atoms with E-state index in [9.17, 15) is 8.42 Å². The van der Waals surface area contributed by atoms with E-state index < -0.39 is 9.84 Å². The summed E-state index contributed by atoms with van der Waals surface area (Å²) in [5, 5.41) is 0. The van der Waals surface area contributed by atoms with Crippen LogP contribution in [0.3, 0.4) is 0 Å². The molecule has 0 bridgehead atoms. The average molecular weight is 237 g/mol. The summed E-state index contributed by atoms with van der Waals surface area (Å²) in [6, 6.07) is -0.181. The zero-order chi connectivity index (χ0) is 11.9. The van der Waals surface area contributed by atoms with E-state index in [0.717, 1.165) is 12.8 Å². The molecule has 0 amide bonds. The van der Waals surface area contributed by atoms with Gasteiger partial charge in [0.15, 0.2) is 0 Å². The van der Waals surface area contributed by atoms with Gasteiger partial charge in [-0.05, 0) is 19.8 Å². The Hall–Kier alpha value is -0.130. The van der Waals surface area contributed by atoms with Crippen LogP contribution in [0.15, 0.2) is 0 Å². The van der Waals surface area contributed by atoms with Crippen LogP contribution in [0.4, 0.5) is 0 Å². The second-order valence-corrected chi connectivity index (χ2v) is 6.12. The Bertz CT molecular complexity index is 245. The first-order chi connectivity index (χ1) is 6.90. The summed E-state index contributed by atoms with van der Waals surface area (Å²) in [6.45, 7) is 4.61. The van der Waals surface area contributed by atoms with E-state index in [-0.39, 0.29) is 17.9 Å². The van der Waals surface area contributed by atoms with Gasteiger partial charge in [0.1, 0.15) is 9.84 Å². The van der Waals surface area contributed by atoms with E-state index >= 15 is 0 Å². The molecule has 4 nitrogen and oxygen atoms in total. The Kier molecular flexibility index (Phi) is 7.13. The van der Waals surface area contributed by atoms with Gasteiger partial charge in [0.05, 0.1) is 11.9 Å². The Balaban J connectivity index is 4.07. The van der Waals surface area contributed by atoms with E-state index in [2.05, 4.69) is 6.92 Å². The molecule has 0 saturated heterocycles. The molecule has 92 valence electrons. The van der Waals surface area contributed by atoms with Gasteiger partial charge in [0.2, 0.25) is 0 Å². The summed E-state index contributed by atoms with van der Waals surface area (Å²) < 4.78 is 27.4. The Morgan fingerprint density at radius 2 is 1.87 bits per heavy atom. The predicted molar refractivity (Wildman–Crippen MR) is 62.6 cm³/mol. The molecular formula is C10H23NO3S. The number of ether oxygens (including phenoxy) is 1. The summed E-state index contributed by atoms with van der Waals surface area (Å²) >= 11 is 0. The smallest absolute Gasteiger partial charge is 0.147 e. The van der Waals surface area contributed by atoms with Gasteiger partial charge in [0.25, 0.3) is 0 Å². The second kappa shape index (κ2) is 7.19. The van der Waals surface area contributed by atoms with Crippen molar-refractivity contribution in [3.63, 3.8) is 0 Å². The molecule has 5 heteroatoms. The molecule has 2 atom stereocenters. The van der Waals surface area contributed by atoms with E-state index in [4.69, 9.17) is 10.5 Å². The van der Waals surface area contributed by atoms with Gasteiger partial charge in [0, 0.05) is 18.9 Å². The van der Waals surface area contributed by atoms with Crippen LogP contribution in [0.2, 0.25) is 0 Å². The predicted octanol–water partition coefficient (Wildman–Crippen LogP) is 0.954. The Morgan fingerprint density at radius 1 is 1.27 bits per heavy atom. The van der Waals surface area contributed by atoms with Crippen LogP contribution in [0.5, 0.6) is 0 Å². The van der Waals surface area contributed by atoms with Crippen LogP contribution in [-0.2, 0) is 14.6 Å². The molecule has 0 rings (SSSR count). The third-order valence-electron chi connectivity index (χ3n) is 2.25. The lowest BCUT2D eigenvalue weighted by atomic mass is 10.1. The molecule has 0 saturated carbocycles. The molecule has 15 heavy (non-hydrogen) atoms. The van der Waals surface area contributed by atoms with E-state index in [1.807, 2.05) is 6.92 Å². The third kappa shape index (κ3) is 7.76. The van der Waals surface area contributed by atoms with Crippen molar-refractivity contribution in [1.29, 1.82) is 0 Å². The monoisotopic (exact) mass is 237 g/mol. The molecule has 0 aromatic heterocycles. The summed E-state index contributed by atoms with van der Waals surface area (Å²) in [7, 11) is -2.92. The van der Waals surface area contributed by atoms with Crippen molar-refractivity contribution in [3.8, 4) is 0 Å². The van der Waals surface area contributed by atoms with Gasteiger partial charge in [-0.2, -0.15) is 0 Å². The summed E-state index contributed by atoms with van der Waals surface area (Å²) in [5.41, 5.74) is 5.91. The number of rotatable bonds is 8. The second-order valence-electron chi connectivity index (χ2n) is 3.86. The maximum atomic E-state index is 11.0. The van der Waals surface area contributed by atoms with Crippen molar-refractivity contribution in [2.24, 2.45) is 5.73 Å². The first-order valence-corrected chi connectivity index (χ1v) is 7.51. The van der Waals surface area contributed by atoms with Crippen molar-refractivity contribution >= 4 is 9.84 Å². The van der Waals surface area contributed by atoms with Crippen LogP contribution in [0, 0.1) is 0 Å². The third-order valence-corrected chi connectivity index (χ3v) is 3.23. The van der Waals surface area contributed by atoms with E-state index in [1.54, 1.807) is 0 Å². The number of sulfone groups is 1. The average Bonchev–Trinajstić information content (AvgIpc) is 2.13.